The summed E-state index contributed by atoms with van der Waals surface area (Å²) in [7, 11) is 5.82. The first-order chi connectivity index (χ1) is 9.49. The monoisotopic (exact) mass is 277 g/mol. The highest BCUT2D eigenvalue weighted by atomic mass is 16.5. The minimum Gasteiger partial charge on any atom is -0.379 e. The van der Waals surface area contributed by atoms with Crippen LogP contribution in [-0.2, 0) is 16.1 Å². The van der Waals surface area contributed by atoms with Crippen LogP contribution in [0, 0.1) is 5.92 Å². The maximum absolute atomic E-state index is 12.3. The van der Waals surface area contributed by atoms with Gasteiger partial charge in [0.05, 0.1) is 19.1 Å². The molecule has 2 N–H and O–H groups in total. The summed E-state index contributed by atoms with van der Waals surface area (Å²) >= 11 is 0. The lowest BCUT2D eigenvalue weighted by Gasteiger charge is -2.22. The maximum atomic E-state index is 12.3. The van der Waals surface area contributed by atoms with E-state index in [1.54, 1.807) is 4.90 Å². The van der Waals surface area contributed by atoms with Gasteiger partial charge in [0.15, 0.2) is 0 Å². The summed E-state index contributed by atoms with van der Waals surface area (Å²) in [5, 5.41) is 0. The van der Waals surface area contributed by atoms with Crippen molar-refractivity contribution in [2.24, 2.45) is 11.7 Å². The van der Waals surface area contributed by atoms with Crippen LogP contribution in [0.3, 0.4) is 0 Å². The summed E-state index contributed by atoms with van der Waals surface area (Å²) in [5.41, 5.74) is 8.14. The van der Waals surface area contributed by atoms with Crippen LogP contribution in [0.4, 0.5) is 5.69 Å². The summed E-state index contributed by atoms with van der Waals surface area (Å²) in [4.78, 5) is 16.1. The molecule has 1 aliphatic rings. The molecule has 1 heterocycles. The van der Waals surface area contributed by atoms with Gasteiger partial charge in [-0.25, -0.2) is 0 Å². The highest BCUT2D eigenvalue weighted by molar-refractivity contribution is 5.79. The largest absolute Gasteiger partial charge is 0.379 e. The Morgan fingerprint density at radius 2 is 1.90 bits per heavy atom. The molecule has 0 aromatic heterocycles. The molecule has 2 rings (SSSR count). The normalized spacial score (nSPS) is 21.8. The third-order valence-corrected chi connectivity index (χ3v) is 3.69. The number of nitrogens with two attached hydrogens (primary N) is 1. The third kappa shape index (κ3) is 3.29. The second-order valence-electron chi connectivity index (χ2n) is 5.56. The van der Waals surface area contributed by atoms with Crippen molar-refractivity contribution in [3.8, 4) is 0 Å². The van der Waals surface area contributed by atoms with Crippen molar-refractivity contribution in [1.82, 2.24) is 4.90 Å². The van der Waals surface area contributed by atoms with Crippen LogP contribution in [0.15, 0.2) is 24.3 Å². The molecule has 20 heavy (non-hydrogen) atoms. The number of hydrogen-bond donors (Lipinski definition) is 1. The second-order valence-corrected chi connectivity index (χ2v) is 5.56. The lowest BCUT2D eigenvalue weighted by Crippen LogP contribution is -2.41. The summed E-state index contributed by atoms with van der Waals surface area (Å²) in [6.07, 6.45) is 0. The van der Waals surface area contributed by atoms with Crippen LogP contribution in [0.2, 0.25) is 0 Å². The number of benzene rings is 1. The molecule has 1 saturated heterocycles. The van der Waals surface area contributed by atoms with E-state index >= 15 is 0 Å². The van der Waals surface area contributed by atoms with Crippen LogP contribution in [0.5, 0.6) is 0 Å². The number of rotatable bonds is 4. The van der Waals surface area contributed by atoms with E-state index in [2.05, 4.69) is 12.1 Å². The lowest BCUT2D eigenvalue weighted by molar-refractivity contribution is -0.135. The SMILES string of the molecule is CN(Cc1ccc(N(C)C)cc1)C(=O)C1COCC1N. The Kier molecular flexibility index (Phi) is 4.62. The van der Waals surface area contributed by atoms with Gasteiger partial charge in [-0.15, -0.1) is 0 Å². The highest BCUT2D eigenvalue weighted by Gasteiger charge is 2.33. The van der Waals surface area contributed by atoms with Crippen molar-refractivity contribution < 1.29 is 9.53 Å². The molecule has 110 valence electrons. The summed E-state index contributed by atoms with van der Waals surface area (Å²) < 4.78 is 5.25. The average molecular weight is 277 g/mol. The van der Waals surface area contributed by atoms with Gasteiger partial charge in [-0.3, -0.25) is 4.79 Å². The van der Waals surface area contributed by atoms with Crippen LogP contribution in [0.25, 0.3) is 0 Å². The van der Waals surface area contributed by atoms with Crippen LogP contribution in [-0.4, -0.2) is 51.2 Å². The fourth-order valence-electron chi connectivity index (χ4n) is 2.36. The number of ether oxygens (including phenoxy) is 1. The fraction of sp³-hybridized carbons (Fsp3) is 0.533. The minimum absolute atomic E-state index is 0.0617. The molecule has 5 nitrogen and oxygen atoms in total. The van der Waals surface area contributed by atoms with Gasteiger partial charge in [-0.2, -0.15) is 0 Å². The Morgan fingerprint density at radius 1 is 1.25 bits per heavy atom. The van der Waals surface area contributed by atoms with Crippen molar-refractivity contribution in [3.63, 3.8) is 0 Å². The van der Waals surface area contributed by atoms with Crippen LogP contribution >= 0.6 is 0 Å². The highest BCUT2D eigenvalue weighted by Crippen LogP contribution is 2.17. The Hall–Kier alpha value is -1.59. The predicted molar refractivity (Wildman–Crippen MR) is 79.5 cm³/mol. The van der Waals surface area contributed by atoms with Crippen molar-refractivity contribution in [2.45, 2.75) is 12.6 Å². The van der Waals surface area contributed by atoms with E-state index in [4.69, 9.17) is 10.5 Å². The molecule has 1 aliphatic heterocycles. The van der Waals surface area contributed by atoms with E-state index < -0.39 is 0 Å². The van der Waals surface area contributed by atoms with Gasteiger partial charge in [-0.1, -0.05) is 12.1 Å². The maximum Gasteiger partial charge on any atom is 0.229 e. The minimum atomic E-state index is -0.207. The van der Waals surface area contributed by atoms with Crippen molar-refractivity contribution >= 4 is 11.6 Å². The zero-order valence-electron chi connectivity index (χ0n) is 12.4. The topological polar surface area (TPSA) is 58.8 Å². The first kappa shape index (κ1) is 14.8. The van der Waals surface area contributed by atoms with Crippen molar-refractivity contribution in [2.75, 3.05) is 39.3 Å². The standard InChI is InChI=1S/C15H23N3O2/c1-17(2)12-6-4-11(5-7-12)8-18(3)15(19)13-9-20-10-14(13)16/h4-7,13-14H,8-10,16H2,1-3H3. The summed E-state index contributed by atoms with van der Waals surface area (Å²) in [5.74, 6) is -0.146. The first-order valence-electron chi connectivity index (χ1n) is 6.83. The molecule has 1 aromatic rings. The lowest BCUT2D eigenvalue weighted by atomic mass is 10.0. The summed E-state index contributed by atoms with van der Waals surface area (Å²) in [6.45, 7) is 1.50. The molecule has 0 aliphatic carbocycles. The number of amides is 1. The Labute approximate surface area is 120 Å². The van der Waals surface area contributed by atoms with E-state index in [1.165, 1.54) is 0 Å². The predicted octanol–water partition coefficient (Wildman–Crippen LogP) is 0.685. The smallest absolute Gasteiger partial charge is 0.229 e. The molecular formula is C15H23N3O2. The Balaban J connectivity index is 1.96. The molecule has 0 bridgehead atoms. The second kappa shape index (κ2) is 6.24. The zero-order valence-corrected chi connectivity index (χ0v) is 12.4. The van der Waals surface area contributed by atoms with Gasteiger partial charge in [-0.05, 0) is 17.7 Å². The number of hydrogen-bond acceptors (Lipinski definition) is 4. The zero-order chi connectivity index (χ0) is 14.7. The van der Waals surface area contributed by atoms with Crippen molar-refractivity contribution in [3.05, 3.63) is 29.8 Å². The van der Waals surface area contributed by atoms with Gasteiger partial charge in [0.25, 0.3) is 0 Å². The molecule has 0 radical (unpaired) electrons. The number of anilines is 1. The van der Waals surface area contributed by atoms with E-state index in [0.29, 0.717) is 19.8 Å². The van der Waals surface area contributed by atoms with Gasteiger partial charge in [0.2, 0.25) is 5.91 Å². The van der Waals surface area contributed by atoms with Gasteiger partial charge in [0, 0.05) is 39.4 Å². The Bertz CT molecular complexity index is 459. The van der Waals surface area contributed by atoms with Crippen molar-refractivity contribution in [1.29, 1.82) is 0 Å². The van der Waals surface area contributed by atoms with Gasteiger partial charge < -0.3 is 20.3 Å². The number of carbonyl (C=O) groups excluding carboxylic acids is 1. The molecule has 5 heteroatoms. The van der Waals surface area contributed by atoms with Crippen LogP contribution < -0.4 is 10.6 Å². The fourth-order valence-corrected chi connectivity index (χ4v) is 2.36. The van der Waals surface area contributed by atoms with Crippen LogP contribution in [0.1, 0.15) is 5.56 Å². The third-order valence-electron chi connectivity index (χ3n) is 3.69. The van der Waals surface area contributed by atoms with Gasteiger partial charge >= 0.3 is 0 Å². The first-order valence-corrected chi connectivity index (χ1v) is 6.83. The molecule has 2 unspecified atom stereocenters. The van der Waals surface area contributed by atoms with Gasteiger partial charge in [0.1, 0.15) is 0 Å². The molecular weight excluding hydrogens is 254 g/mol. The van der Waals surface area contributed by atoms with E-state index in [-0.39, 0.29) is 17.9 Å². The molecule has 2 atom stereocenters. The summed E-state index contributed by atoms with van der Waals surface area (Å²) in [6, 6.07) is 8.02. The molecule has 1 aromatic carbocycles. The Morgan fingerprint density at radius 3 is 2.40 bits per heavy atom. The number of nitrogens with zero attached hydrogens (tertiary/aromatic N) is 2. The van der Waals surface area contributed by atoms with E-state index in [1.807, 2.05) is 38.2 Å². The van der Waals surface area contributed by atoms with E-state index in [9.17, 15) is 4.79 Å². The van der Waals surface area contributed by atoms with E-state index in [0.717, 1.165) is 11.3 Å². The average Bonchev–Trinajstić information content (AvgIpc) is 2.84. The molecule has 1 amide bonds. The quantitative estimate of drug-likeness (QED) is 0.879. The molecule has 1 fully saturated rings. The molecule has 0 spiro atoms. The molecule has 0 saturated carbocycles. The number of carbonyl (C=O) groups is 1.